The van der Waals surface area contributed by atoms with E-state index in [9.17, 15) is 9.18 Å². The van der Waals surface area contributed by atoms with E-state index in [0.29, 0.717) is 11.1 Å². The number of Topliss-reactive ketones (excluding diaryl/α,β-unsaturated/α-hetero) is 1. The maximum absolute atomic E-state index is 13.1. The standard InChI is InChI=1S/C11H10FNO/c1-7(6-13)11(14)9-4-3-5-10(12)8(9)2/h3-5,7H,1-2H3. The van der Waals surface area contributed by atoms with Crippen LogP contribution < -0.4 is 0 Å². The summed E-state index contributed by atoms with van der Waals surface area (Å²) in [4.78, 5) is 11.6. The molecule has 14 heavy (non-hydrogen) atoms. The molecule has 3 heteroatoms. The number of hydrogen-bond donors (Lipinski definition) is 0. The minimum Gasteiger partial charge on any atom is -0.293 e. The van der Waals surface area contributed by atoms with Crippen LogP contribution in [-0.4, -0.2) is 5.78 Å². The van der Waals surface area contributed by atoms with Crippen molar-refractivity contribution in [2.45, 2.75) is 13.8 Å². The Morgan fingerprint density at radius 2 is 2.21 bits per heavy atom. The van der Waals surface area contributed by atoms with Crippen molar-refractivity contribution in [1.29, 1.82) is 5.26 Å². The van der Waals surface area contributed by atoms with Crippen LogP contribution in [0.4, 0.5) is 4.39 Å². The van der Waals surface area contributed by atoms with E-state index in [4.69, 9.17) is 5.26 Å². The Hall–Kier alpha value is -1.69. The van der Waals surface area contributed by atoms with Crippen molar-refractivity contribution in [3.8, 4) is 6.07 Å². The Labute approximate surface area is 82.0 Å². The number of halogens is 1. The third kappa shape index (κ3) is 1.80. The number of ketones is 1. The summed E-state index contributed by atoms with van der Waals surface area (Å²) in [6.45, 7) is 3.04. The van der Waals surface area contributed by atoms with Gasteiger partial charge in [-0.1, -0.05) is 12.1 Å². The fourth-order valence-electron chi connectivity index (χ4n) is 1.17. The number of benzene rings is 1. The molecule has 72 valence electrons. The van der Waals surface area contributed by atoms with Crippen molar-refractivity contribution in [2.24, 2.45) is 5.92 Å². The summed E-state index contributed by atoms with van der Waals surface area (Å²) < 4.78 is 13.1. The molecule has 0 saturated carbocycles. The monoisotopic (exact) mass is 191 g/mol. The highest BCUT2D eigenvalue weighted by Crippen LogP contribution is 2.15. The van der Waals surface area contributed by atoms with Crippen LogP contribution in [-0.2, 0) is 0 Å². The predicted octanol–water partition coefficient (Wildman–Crippen LogP) is 2.48. The average molecular weight is 191 g/mol. The van der Waals surface area contributed by atoms with Gasteiger partial charge in [0.25, 0.3) is 0 Å². The topological polar surface area (TPSA) is 40.9 Å². The number of carbonyl (C=O) groups excluding carboxylic acids is 1. The molecule has 2 nitrogen and oxygen atoms in total. The van der Waals surface area contributed by atoms with E-state index in [1.165, 1.54) is 32.0 Å². The molecule has 0 radical (unpaired) electrons. The van der Waals surface area contributed by atoms with Gasteiger partial charge in [0.05, 0.1) is 6.07 Å². The molecule has 1 atom stereocenters. The fourth-order valence-corrected chi connectivity index (χ4v) is 1.17. The van der Waals surface area contributed by atoms with Gasteiger partial charge in [0.1, 0.15) is 11.7 Å². The lowest BCUT2D eigenvalue weighted by Crippen LogP contribution is -2.11. The molecule has 0 bridgehead atoms. The van der Waals surface area contributed by atoms with Gasteiger partial charge in [0.2, 0.25) is 0 Å². The van der Waals surface area contributed by atoms with Gasteiger partial charge in [-0.3, -0.25) is 4.79 Å². The Morgan fingerprint density at radius 3 is 2.79 bits per heavy atom. The van der Waals surface area contributed by atoms with Gasteiger partial charge in [-0.25, -0.2) is 4.39 Å². The Balaban J connectivity index is 3.15. The first kappa shape index (κ1) is 10.4. The first-order valence-corrected chi connectivity index (χ1v) is 4.27. The van der Waals surface area contributed by atoms with E-state index in [1.54, 1.807) is 0 Å². The second-order valence-corrected chi connectivity index (χ2v) is 3.13. The highest BCUT2D eigenvalue weighted by Gasteiger charge is 2.17. The zero-order valence-electron chi connectivity index (χ0n) is 8.04. The number of carbonyl (C=O) groups is 1. The molecule has 0 aliphatic rings. The molecular weight excluding hydrogens is 181 g/mol. The van der Waals surface area contributed by atoms with Crippen LogP contribution in [0.2, 0.25) is 0 Å². The molecule has 0 heterocycles. The lowest BCUT2D eigenvalue weighted by molar-refractivity contribution is 0.0955. The Morgan fingerprint density at radius 1 is 1.57 bits per heavy atom. The van der Waals surface area contributed by atoms with Gasteiger partial charge < -0.3 is 0 Å². The van der Waals surface area contributed by atoms with E-state index in [0.717, 1.165) is 0 Å². The SMILES string of the molecule is Cc1c(F)cccc1C(=O)C(C)C#N. The van der Waals surface area contributed by atoms with Crippen LogP contribution in [0, 0.1) is 30.0 Å². The maximum Gasteiger partial charge on any atom is 0.180 e. The van der Waals surface area contributed by atoms with Gasteiger partial charge in [0, 0.05) is 5.56 Å². The lowest BCUT2D eigenvalue weighted by Gasteiger charge is -2.06. The molecule has 1 aromatic rings. The summed E-state index contributed by atoms with van der Waals surface area (Å²) in [7, 11) is 0. The molecule has 0 aliphatic carbocycles. The van der Waals surface area contributed by atoms with E-state index < -0.39 is 11.7 Å². The van der Waals surface area contributed by atoms with E-state index in [2.05, 4.69) is 0 Å². The minimum absolute atomic E-state index is 0.291. The molecule has 1 aromatic carbocycles. The van der Waals surface area contributed by atoms with Crippen molar-refractivity contribution >= 4 is 5.78 Å². The molecule has 1 rings (SSSR count). The normalized spacial score (nSPS) is 11.9. The largest absolute Gasteiger partial charge is 0.293 e. The van der Waals surface area contributed by atoms with Gasteiger partial charge in [-0.05, 0) is 25.5 Å². The van der Waals surface area contributed by atoms with E-state index in [-0.39, 0.29) is 5.78 Å². The van der Waals surface area contributed by atoms with Crippen LogP contribution in [0.1, 0.15) is 22.8 Å². The summed E-state index contributed by atoms with van der Waals surface area (Å²) >= 11 is 0. The van der Waals surface area contributed by atoms with Crippen LogP contribution in [0.15, 0.2) is 18.2 Å². The Kier molecular flexibility index (Phi) is 2.98. The van der Waals surface area contributed by atoms with Crippen molar-refractivity contribution in [2.75, 3.05) is 0 Å². The second kappa shape index (κ2) is 4.01. The molecule has 0 fully saturated rings. The maximum atomic E-state index is 13.1. The first-order valence-electron chi connectivity index (χ1n) is 4.27. The van der Waals surface area contributed by atoms with Crippen molar-refractivity contribution in [1.82, 2.24) is 0 Å². The molecule has 0 aromatic heterocycles. The molecule has 0 spiro atoms. The third-order valence-corrected chi connectivity index (χ3v) is 2.12. The summed E-state index contributed by atoms with van der Waals surface area (Å²) in [6.07, 6.45) is 0. The summed E-state index contributed by atoms with van der Waals surface area (Å²) in [5, 5.41) is 8.56. The quantitative estimate of drug-likeness (QED) is 0.674. The fraction of sp³-hybridized carbons (Fsp3) is 0.273. The van der Waals surface area contributed by atoms with Crippen molar-refractivity contribution in [3.05, 3.63) is 35.1 Å². The van der Waals surface area contributed by atoms with Crippen molar-refractivity contribution < 1.29 is 9.18 Å². The summed E-state index contributed by atoms with van der Waals surface area (Å²) in [6, 6.07) is 6.14. The predicted molar refractivity (Wildman–Crippen MR) is 50.2 cm³/mol. The minimum atomic E-state index is -0.726. The zero-order valence-corrected chi connectivity index (χ0v) is 8.04. The molecule has 0 aliphatic heterocycles. The number of nitrogens with zero attached hydrogens (tertiary/aromatic N) is 1. The molecule has 0 saturated heterocycles. The van der Waals surface area contributed by atoms with Crippen LogP contribution in [0.25, 0.3) is 0 Å². The second-order valence-electron chi connectivity index (χ2n) is 3.13. The molecule has 0 N–H and O–H groups in total. The average Bonchev–Trinajstić information content (AvgIpc) is 2.20. The molecular formula is C11H10FNO. The number of nitriles is 1. The summed E-state index contributed by atoms with van der Waals surface area (Å²) in [5.74, 6) is -1.47. The molecule has 1 unspecified atom stereocenters. The first-order chi connectivity index (χ1) is 6.57. The number of rotatable bonds is 2. The highest BCUT2D eigenvalue weighted by atomic mass is 19.1. The Bertz CT molecular complexity index is 406. The van der Waals surface area contributed by atoms with Gasteiger partial charge in [0.15, 0.2) is 5.78 Å². The molecule has 0 amide bonds. The van der Waals surface area contributed by atoms with Crippen LogP contribution in [0.3, 0.4) is 0 Å². The highest BCUT2D eigenvalue weighted by molar-refractivity contribution is 6.00. The van der Waals surface area contributed by atoms with Gasteiger partial charge >= 0.3 is 0 Å². The van der Waals surface area contributed by atoms with Crippen molar-refractivity contribution in [3.63, 3.8) is 0 Å². The smallest absolute Gasteiger partial charge is 0.180 e. The van der Waals surface area contributed by atoms with Gasteiger partial charge in [-0.2, -0.15) is 5.26 Å². The zero-order chi connectivity index (χ0) is 10.7. The van der Waals surface area contributed by atoms with E-state index >= 15 is 0 Å². The van der Waals surface area contributed by atoms with Crippen LogP contribution >= 0.6 is 0 Å². The number of hydrogen-bond acceptors (Lipinski definition) is 2. The summed E-state index contributed by atoms with van der Waals surface area (Å²) in [5.41, 5.74) is 0.596. The lowest BCUT2D eigenvalue weighted by atomic mass is 9.97. The van der Waals surface area contributed by atoms with Crippen LogP contribution in [0.5, 0.6) is 0 Å². The van der Waals surface area contributed by atoms with E-state index in [1.807, 2.05) is 6.07 Å². The van der Waals surface area contributed by atoms with Gasteiger partial charge in [-0.15, -0.1) is 0 Å². The third-order valence-electron chi connectivity index (χ3n) is 2.12.